The van der Waals surface area contributed by atoms with Gasteiger partial charge in [0, 0.05) is 38.0 Å². The van der Waals surface area contributed by atoms with Crippen LogP contribution in [0.3, 0.4) is 0 Å². The lowest BCUT2D eigenvalue weighted by molar-refractivity contribution is -0.145. The van der Waals surface area contributed by atoms with Crippen LogP contribution in [0, 0.1) is 5.82 Å². The van der Waals surface area contributed by atoms with Crippen molar-refractivity contribution < 1.29 is 18.8 Å². The number of piperazine rings is 1. The molecule has 164 valence electrons. The third-order valence-corrected chi connectivity index (χ3v) is 5.47. The number of amides is 3. The molecular weight excluding hydrogens is 417 g/mol. The monoisotopic (exact) mass is 437 g/mol. The summed E-state index contributed by atoms with van der Waals surface area (Å²) in [6, 6.07) is 11.3. The van der Waals surface area contributed by atoms with E-state index in [0.29, 0.717) is 28.5 Å². The van der Waals surface area contributed by atoms with Gasteiger partial charge in [-0.25, -0.2) is 9.49 Å². The summed E-state index contributed by atoms with van der Waals surface area (Å²) in [4.78, 5) is 50.3. The van der Waals surface area contributed by atoms with Gasteiger partial charge in [0.05, 0.1) is 16.6 Å². The lowest BCUT2D eigenvalue weighted by Gasteiger charge is -2.34. The van der Waals surface area contributed by atoms with Crippen LogP contribution in [-0.4, -0.2) is 63.9 Å². The van der Waals surface area contributed by atoms with Gasteiger partial charge in [-0.15, -0.1) is 0 Å². The standard InChI is InChI=1S/C22H20FN5O4/c23-17-6-5-13(12-18-14-3-1-2-4-15(14)20(30)26-25-18)11-16(17)21(31)27-7-9-28(10-8-27)22(32)19(24)29/h1-6,11H,7-10,12H2,(H2,24,29)(H,26,30). The van der Waals surface area contributed by atoms with Crippen LogP contribution in [0.2, 0.25) is 0 Å². The number of aromatic nitrogens is 2. The zero-order chi connectivity index (χ0) is 22.8. The maximum absolute atomic E-state index is 14.5. The van der Waals surface area contributed by atoms with E-state index in [4.69, 9.17) is 5.73 Å². The van der Waals surface area contributed by atoms with Crippen molar-refractivity contribution in [3.8, 4) is 0 Å². The lowest BCUT2D eigenvalue weighted by Crippen LogP contribution is -2.53. The summed E-state index contributed by atoms with van der Waals surface area (Å²) in [7, 11) is 0. The maximum Gasteiger partial charge on any atom is 0.311 e. The molecule has 1 aliphatic rings. The van der Waals surface area contributed by atoms with Crippen molar-refractivity contribution in [1.82, 2.24) is 20.0 Å². The van der Waals surface area contributed by atoms with Gasteiger partial charge in [-0.05, 0) is 23.8 Å². The number of H-pyrrole nitrogens is 1. The van der Waals surface area contributed by atoms with Crippen LogP contribution < -0.4 is 11.3 Å². The Morgan fingerprint density at radius 2 is 1.66 bits per heavy atom. The molecule has 32 heavy (non-hydrogen) atoms. The molecule has 0 aliphatic carbocycles. The number of primary amides is 1. The van der Waals surface area contributed by atoms with Gasteiger partial charge in [0.1, 0.15) is 5.82 Å². The van der Waals surface area contributed by atoms with Gasteiger partial charge < -0.3 is 15.5 Å². The van der Waals surface area contributed by atoms with Gasteiger partial charge >= 0.3 is 11.8 Å². The highest BCUT2D eigenvalue weighted by molar-refractivity contribution is 6.34. The highest BCUT2D eigenvalue weighted by atomic mass is 19.1. The summed E-state index contributed by atoms with van der Waals surface area (Å²) >= 11 is 0. The van der Waals surface area contributed by atoms with Gasteiger partial charge in [0.25, 0.3) is 11.5 Å². The molecule has 3 N–H and O–H groups in total. The second-order valence-corrected chi connectivity index (χ2v) is 7.48. The summed E-state index contributed by atoms with van der Waals surface area (Å²) in [5, 5.41) is 7.77. The predicted molar refractivity (Wildman–Crippen MR) is 113 cm³/mol. The van der Waals surface area contributed by atoms with Gasteiger partial charge in [-0.1, -0.05) is 24.3 Å². The first-order valence-electron chi connectivity index (χ1n) is 9.98. The Morgan fingerprint density at radius 3 is 2.34 bits per heavy atom. The van der Waals surface area contributed by atoms with E-state index in [1.54, 1.807) is 30.3 Å². The topological polar surface area (TPSA) is 129 Å². The van der Waals surface area contributed by atoms with E-state index >= 15 is 0 Å². The molecule has 1 fully saturated rings. The normalized spacial score (nSPS) is 13.9. The number of nitrogens with two attached hydrogens (primary N) is 1. The summed E-state index contributed by atoms with van der Waals surface area (Å²) in [6.07, 6.45) is 0.290. The molecule has 0 radical (unpaired) electrons. The first kappa shape index (κ1) is 21.2. The van der Waals surface area contributed by atoms with E-state index in [2.05, 4.69) is 10.2 Å². The van der Waals surface area contributed by atoms with Gasteiger partial charge in [-0.3, -0.25) is 19.2 Å². The Labute approximate surface area is 181 Å². The summed E-state index contributed by atoms with van der Waals surface area (Å²) < 4.78 is 14.5. The Morgan fingerprint density at radius 1 is 1.00 bits per heavy atom. The molecule has 0 atom stereocenters. The van der Waals surface area contributed by atoms with E-state index in [-0.39, 0.29) is 37.3 Å². The Bertz CT molecular complexity index is 1280. The predicted octanol–water partition coefficient (Wildman–Crippen LogP) is 0.423. The highest BCUT2D eigenvalue weighted by Gasteiger charge is 2.28. The van der Waals surface area contributed by atoms with Crippen LogP contribution in [0.25, 0.3) is 10.8 Å². The number of carbonyl (C=O) groups excluding carboxylic acids is 3. The molecule has 1 aliphatic heterocycles. The second kappa shape index (κ2) is 8.58. The number of hydrogen-bond donors (Lipinski definition) is 2. The molecular formula is C22H20FN5O4. The Balaban J connectivity index is 1.55. The zero-order valence-corrected chi connectivity index (χ0v) is 17.0. The average Bonchev–Trinajstić information content (AvgIpc) is 2.81. The second-order valence-electron chi connectivity index (χ2n) is 7.48. The molecule has 3 aromatic rings. The first-order valence-corrected chi connectivity index (χ1v) is 9.98. The van der Waals surface area contributed by atoms with Gasteiger partial charge in [0.15, 0.2) is 0 Å². The fraction of sp³-hybridized carbons (Fsp3) is 0.227. The fourth-order valence-electron chi connectivity index (χ4n) is 3.78. The van der Waals surface area contributed by atoms with E-state index in [1.165, 1.54) is 21.9 Å². The third kappa shape index (κ3) is 4.07. The quantitative estimate of drug-likeness (QED) is 0.574. The van der Waals surface area contributed by atoms with Crippen molar-refractivity contribution in [1.29, 1.82) is 0 Å². The minimum Gasteiger partial charge on any atom is -0.361 e. The highest BCUT2D eigenvalue weighted by Crippen LogP contribution is 2.20. The van der Waals surface area contributed by atoms with Crippen LogP contribution in [0.4, 0.5) is 4.39 Å². The summed E-state index contributed by atoms with van der Waals surface area (Å²) in [5.41, 5.74) is 5.88. The van der Waals surface area contributed by atoms with Crippen molar-refractivity contribution in [2.24, 2.45) is 5.73 Å². The molecule has 1 saturated heterocycles. The number of aromatic amines is 1. The lowest BCUT2D eigenvalue weighted by atomic mass is 10.0. The fourth-order valence-corrected chi connectivity index (χ4v) is 3.78. The van der Waals surface area contributed by atoms with Crippen molar-refractivity contribution in [2.75, 3.05) is 26.2 Å². The largest absolute Gasteiger partial charge is 0.361 e. The number of benzene rings is 2. The molecule has 0 bridgehead atoms. The molecule has 3 amide bonds. The van der Waals surface area contributed by atoms with E-state index in [0.717, 1.165) is 0 Å². The summed E-state index contributed by atoms with van der Waals surface area (Å²) in [5.74, 6) is -3.01. The molecule has 10 heteroatoms. The van der Waals surface area contributed by atoms with Crippen molar-refractivity contribution in [2.45, 2.75) is 6.42 Å². The number of hydrogen-bond acceptors (Lipinski definition) is 5. The first-order chi connectivity index (χ1) is 15.3. The number of nitrogens with one attached hydrogen (secondary N) is 1. The number of fused-ring (bicyclic) bond motifs is 1. The number of nitrogens with zero attached hydrogens (tertiary/aromatic N) is 3. The van der Waals surface area contributed by atoms with E-state index in [9.17, 15) is 23.6 Å². The van der Waals surface area contributed by atoms with E-state index in [1.807, 2.05) is 0 Å². The number of halogens is 1. The SMILES string of the molecule is NC(=O)C(=O)N1CCN(C(=O)c2cc(Cc3n[nH]c(=O)c4ccccc34)ccc2F)CC1. The van der Waals surface area contributed by atoms with Crippen LogP contribution in [-0.2, 0) is 16.0 Å². The molecule has 4 rings (SSSR count). The molecule has 0 spiro atoms. The minimum absolute atomic E-state index is 0.0918. The van der Waals surface area contributed by atoms with Gasteiger partial charge in [0.2, 0.25) is 0 Å². The van der Waals surface area contributed by atoms with Gasteiger partial charge in [-0.2, -0.15) is 5.10 Å². The van der Waals surface area contributed by atoms with Crippen molar-refractivity contribution in [3.63, 3.8) is 0 Å². The number of carbonyl (C=O) groups is 3. The third-order valence-electron chi connectivity index (χ3n) is 5.47. The molecule has 2 aromatic carbocycles. The zero-order valence-electron chi connectivity index (χ0n) is 17.0. The smallest absolute Gasteiger partial charge is 0.311 e. The molecule has 0 unspecified atom stereocenters. The van der Waals surface area contributed by atoms with Crippen molar-refractivity contribution in [3.05, 3.63) is 75.5 Å². The van der Waals surface area contributed by atoms with E-state index < -0.39 is 23.5 Å². The maximum atomic E-state index is 14.5. The molecule has 0 saturated carbocycles. The van der Waals surface area contributed by atoms with Crippen LogP contribution in [0.5, 0.6) is 0 Å². The Hall–Kier alpha value is -4.08. The van der Waals surface area contributed by atoms with Crippen LogP contribution >= 0.6 is 0 Å². The van der Waals surface area contributed by atoms with Crippen LogP contribution in [0.15, 0.2) is 47.3 Å². The van der Waals surface area contributed by atoms with Crippen LogP contribution in [0.1, 0.15) is 21.6 Å². The minimum atomic E-state index is -1.05. The average molecular weight is 437 g/mol. The molecule has 1 aromatic heterocycles. The van der Waals surface area contributed by atoms with Crippen molar-refractivity contribution >= 4 is 28.5 Å². The molecule has 9 nitrogen and oxygen atoms in total. The molecule has 2 heterocycles. The summed E-state index contributed by atoms with van der Waals surface area (Å²) in [6.45, 7) is 0.603. The number of rotatable bonds is 3. The Kier molecular flexibility index (Phi) is 5.67.